The van der Waals surface area contributed by atoms with E-state index in [1.54, 1.807) is 0 Å². The Morgan fingerprint density at radius 1 is 1.29 bits per heavy atom. The Labute approximate surface area is 148 Å². The van der Waals surface area contributed by atoms with Crippen LogP contribution < -0.4 is 5.32 Å². The van der Waals surface area contributed by atoms with Crippen LogP contribution in [0.25, 0.3) is 0 Å². The normalized spacial score (nSPS) is 23.1. The van der Waals surface area contributed by atoms with Crippen molar-refractivity contribution in [3.63, 3.8) is 0 Å². The predicted molar refractivity (Wildman–Crippen MR) is 94.4 cm³/mol. The Hall–Kier alpha value is -1.10. The zero-order chi connectivity index (χ0) is 16.8. The lowest BCUT2D eigenvalue weighted by atomic mass is 9.74. The summed E-state index contributed by atoms with van der Waals surface area (Å²) >= 11 is 6.18. The number of carbonyl (C=O) groups is 1. The molecular formula is C19H26ClNO3. The van der Waals surface area contributed by atoms with Gasteiger partial charge in [-0.15, -0.1) is 0 Å². The molecule has 0 aliphatic carbocycles. The molecular weight excluding hydrogens is 326 g/mol. The highest BCUT2D eigenvalue weighted by Crippen LogP contribution is 2.35. The maximum absolute atomic E-state index is 12.3. The van der Waals surface area contributed by atoms with E-state index in [9.17, 15) is 4.79 Å². The number of hydrogen-bond acceptors (Lipinski definition) is 3. The minimum atomic E-state index is -0.0807. The highest BCUT2D eigenvalue weighted by molar-refractivity contribution is 6.30. The Kier molecular flexibility index (Phi) is 6.14. The first-order valence-electron chi connectivity index (χ1n) is 8.90. The molecule has 0 bridgehead atoms. The summed E-state index contributed by atoms with van der Waals surface area (Å²) in [7, 11) is 0. The zero-order valence-electron chi connectivity index (χ0n) is 14.1. The number of amides is 1. The van der Waals surface area contributed by atoms with Gasteiger partial charge in [0.2, 0.25) is 5.91 Å². The minimum absolute atomic E-state index is 0.0807. The standard InChI is InChI=1S/C19H26ClNO3/c20-16-4-1-3-15(13-16)19(8-11-23-12-9-19)14-21-18(22)7-6-17-5-2-10-24-17/h1,3-4,13,17H,2,5-12,14H2,(H,21,22). The van der Waals surface area contributed by atoms with Crippen LogP contribution in [-0.4, -0.2) is 38.4 Å². The maximum Gasteiger partial charge on any atom is 0.220 e. The van der Waals surface area contributed by atoms with E-state index in [0.29, 0.717) is 13.0 Å². The van der Waals surface area contributed by atoms with Gasteiger partial charge in [0, 0.05) is 43.2 Å². The highest BCUT2D eigenvalue weighted by Gasteiger charge is 2.35. The predicted octanol–water partition coefficient (Wildman–Crippen LogP) is 3.46. The molecule has 1 aromatic carbocycles. The largest absolute Gasteiger partial charge is 0.381 e. The summed E-state index contributed by atoms with van der Waals surface area (Å²) in [5.41, 5.74) is 1.11. The molecule has 1 N–H and O–H groups in total. The van der Waals surface area contributed by atoms with Gasteiger partial charge >= 0.3 is 0 Å². The van der Waals surface area contributed by atoms with E-state index in [4.69, 9.17) is 21.1 Å². The van der Waals surface area contributed by atoms with Gasteiger partial charge in [0.05, 0.1) is 6.10 Å². The summed E-state index contributed by atoms with van der Waals surface area (Å²) in [6, 6.07) is 7.99. The molecule has 2 saturated heterocycles. The average molecular weight is 352 g/mol. The van der Waals surface area contributed by atoms with Crippen molar-refractivity contribution in [1.29, 1.82) is 0 Å². The fourth-order valence-corrected chi connectivity index (χ4v) is 3.86. The van der Waals surface area contributed by atoms with Crippen molar-refractivity contribution in [3.8, 4) is 0 Å². The second-order valence-electron chi connectivity index (χ2n) is 6.85. The summed E-state index contributed by atoms with van der Waals surface area (Å²) in [6.45, 7) is 2.92. The van der Waals surface area contributed by atoms with E-state index in [0.717, 1.165) is 56.9 Å². The van der Waals surface area contributed by atoms with Crippen molar-refractivity contribution in [2.24, 2.45) is 0 Å². The number of rotatable bonds is 6. The third kappa shape index (κ3) is 4.50. The van der Waals surface area contributed by atoms with Crippen LogP contribution >= 0.6 is 11.6 Å². The molecule has 0 spiro atoms. The molecule has 5 heteroatoms. The van der Waals surface area contributed by atoms with Crippen LogP contribution in [0.5, 0.6) is 0 Å². The topological polar surface area (TPSA) is 47.6 Å². The first-order chi connectivity index (χ1) is 11.7. The quantitative estimate of drug-likeness (QED) is 0.853. The van der Waals surface area contributed by atoms with Gasteiger partial charge < -0.3 is 14.8 Å². The summed E-state index contributed by atoms with van der Waals surface area (Å²) in [4.78, 5) is 12.3. The van der Waals surface area contributed by atoms with E-state index >= 15 is 0 Å². The van der Waals surface area contributed by atoms with Crippen LogP contribution in [0.15, 0.2) is 24.3 Å². The van der Waals surface area contributed by atoms with E-state index in [2.05, 4.69) is 11.4 Å². The van der Waals surface area contributed by atoms with Crippen LogP contribution in [0.2, 0.25) is 5.02 Å². The first-order valence-corrected chi connectivity index (χ1v) is 9.28. The van der Waals surface area contributed by atoms with Gasteiger partial charge in [-0.1, -0.05) is 23.7 Å². The summed E-state index contributed by atoms with van der Waals surface area (Å²) in [6.07, 6.45) is 5.62. The van der Waals surface area contributed by atoms with Crippen LogP contribution in [0.1, 0.15) is 44.1 Å². The Bertz CT molecular complexity index is 551. The Morgan fingerprint density at radius 2 is 2.12 bits per heavy atom. The van der Waals surface area contributed by atoms with Gasteiger partial charge in [0.1, 0.15) is 0 Å². The number of benzene rings is 1. The molecule has 3 rings (SSSR count). The molecule has 132 valence electrons. The third-order valence-corrected chi connectivity index (χ3v) is 5.46. The lowest BCUT2D eigenvalue weighted by Crippen LogP contribution is -2.44. The molecule has 1 atom stereocenters. The van der Waals surface area contributed by atoms with Gasteiger partial charge in [0.25, 0.3) is 0 Å². The van der Waals surface area contributed by atoms with Gasteiger partial charge in [-0.25, -0.2) is 0 Å². The van der Waals surface area contributed by atoms with Gasteiger partial charge in [-0.2, -0.15) is 0 Å². The van der Waals surface area contributed by atoms with Crippen molar-refractivity contribution >= 4 is 17.5 Å². The van der Waals surface area contributed by atoms with Crippen molar-refractivity contribution in [2.45, 2.75) is 50.0 Å². The number of carbonyl (C=O) groups excluding carboxylic acids is 1. The van der Waals surface area contributed by atoms with Gasteiger partial charge in [-0.05, 0) is 49.8 Å². The monoisotopic (exact) mass is 351 g/mol. The lowest BCUT2D eigenvalue weighted by molar-refractivity contribution is -0.122. The molecule has 1 unspecified atom stereocenters. The maximum atomic E-state index is 12.3. The Morgan fingerprint density at radius 3 is 2.83 bits per heavy atom. The molecule has 0 radical (unpaired) electrons. The van der Waals surface area contributed by atoms with Crippen LogP contribution in [-0.2, 0) is 19.7 Å². The number of hydrogen-bond donors (Lipinski definition) is 1. The lowest BCUT2D eigenvalue weighted by Gasteiger charge is -2.38. The SMILES string of the molecule is O=C(CCC1CCCO1)NCC1(c2cccc(Cl)c2)CCOCC1. The van der Waals surface area contributed by atoms with Crippen LogP contribution in [0.3, 0.4) is 0 Å². The van der Waals surface area contributed by atoms with Gasteiger partial charge in [0.15, 0.2) is 0 Å². The third-order valence-electron chi connectivity index (χ3n) is 5.23. The number of ether oxygens (including phenoxy) is 2. The van der Waals surface area contributed by atoms with Crippen molar-refractivity contribution < 1.29 is 14.3 Å². The number of halogens is 1. The van der Waals surface area contributed by atoms with Gasteiger partial charge in [-0.3, -0.25) is 4.79 Å². The fourth-order valence-electron chi connectivity index (χ4n) is 3.67. The van der Waals surface area contributed by atoms with Crippen LogP contribution in [0.4, 0.5) is 0 Å². The molecule has 2 aliphatic heterocycles. The van der Waals surface area contributed by atoms with E-state index < -0.39 is 0 Å². The second kappa shape index (κ2) is 8.32. The summed E-state index contributed by atoms with van der Waals surface area (Å²) in [5.74, 6) is 0.110. The highest BCUT2D eigenvalue weighted by atomic mass is 35.5. The zero-order valence-corrected chi connectivity index (χ0v) is 14.8. The molecule has 2 heterocycles. The molecule has 4 nitrogen and oxygen atoms in total. The fraction of sp³-hybridized carbons (Fsp3) is 0.632. The molecule has 2 aliphatic rings. The molecule has 0 aromatic heterocycles. The first kappa shape index (κ1) is 17.7. The molecule has 1 amide bonds. The molecule has 1 aromatic rings. The molecule has 0 saturated carbocycles. The van der Waals surface area contributed by atoms with Crippen molar-refractivity contribution in [1.82, 2.24) is 5.32 Å². The van der Waals surface area contributed by atoms with Crippen molar-refractivity contribution in [2.75, 3.05) is 26.4 Å². The summed E-state index contributed by atoms with van der Waals surface area (Å²) in [5, 5.41) is 3.88. The van der Waals surface area contributed by atoms with E-state index in [1.165, 1.54) is 5.56 Å². The van der Waals surface area contributed by atoms with E-state index in [-0.39, 0.29) is 17.4 Å². The van der Waals surface area contributed by atoms with Crippen molar-refractivity contribution in [3.05, 3.63) is 34.9 Å². The van der Waals surface area contributed by atoms with E-state index in [1.807, 2.05) is 18.2 Å². The summed E-state index contributed by atoms with van der Waals surface area (Å²) < 4.78 is 11.1. The minimum Gasteiger partial charge on any atom is -0.381 e. The second-order valence-corrected chi connectivity index (χ2v) is 7.29. The Balaban J connectivity index is 1.59. The number of nitrogens with one attached hydrogen (secondary N) is 1. The molecule has 24 heavy (non-hydrogen) atoms. The average Bonchev–Trinajstić information content (AvgIpc) is 3.12. The van der Waals surface area contributed by atoms with Crippen LogP contribution in [0, 0.1) is 0 Å². The smallest absolute Gasteiger partial charge is 0.220 e. The molecule has 2 fully saturated rings.